The van der Waals surface area contributed by atoms with Crippen molar-refractivity contribution in [3.8, 4) is 0 Å². The Morgan fingerprint density at radius 1 is 1.05 bits per heavy atom. The number of hydrogen-bond donors (Lipinski definition) is 1. The molecule has 2 atom stereocenters. The summed E-state index contributed by atoms with van der Waals surface area (Å²) < 4.78 is 0. The fourth-order valence-corrected chi connectivity index (χ4v) is 4.89. The molecule has 2 aliphatic carbocycles. The first-order valence-corrected chi connectivity index (χ1v) is 8.88. The molecule has 2 fully saturated rings. The van der Waals surface area contributed by atoms with Gasteiger partial charge in [-0.15, -0.1) is 0 Å². The van der Waals surface area contributed by atoms with E-state index in [-0.39, 0.29) is 0 Å². The quantitative estimate of drug-likeness (QED) is 0.837. The lowest BCUT2D eigenvalue weighted by atomic mass is 9.68. The molecule has 20 heavy (non-hydrogen) atoms. The van der Waals surface area contributed by atoms with Gasteiger partial charge in [-0.1, -0.05) is 40.0 Å². The van der Waals surface area contributed by atoms with Crippen LogP contribution in [0.4, 0.5) is 0 Å². The van der Waals surface area contributed by atoms with Gasteiger partial charge >= 0.3 is 0 Å². The number of rotatable bonds is 4. The Labute approximate surface area is 126 Å². The summed E-state index contributed by atoms with van der Waals surface area (Å²) in [6.07, 6.45) is 12.2. The highest BCUT2D eigenvalue weighted by Crippen LogP contribution is 2.44. The van der Waals surface area contributed by atoms with Crippen LogP contribution < -0.4 is 5.73 Å². The molecule has 0 spiro atoms. The van der Waals surface area contributed by atoms with Crippen molar-refractivity contribution in [3.05, 3.63) is 0 Å². The predicted octanol–water partition coefficient (Wildman–Crippen LogP) is 4.18. The zero-order chi connectivity index (χ0) is 14.8. The second kappa shape index (κ2) is 6.36. The third-order valence-corrected chi connectivity index (χ3v) is 6.58. The molecule has 0 heterocycles. The van der Waals surface area contributed by atoms with Gasteiger partial charge in [0.15, 0.2) is 0 Å². The highest BCUT2D eigenvalue weighted by Gasteiger charge is 2.45. The van der Waals surface area contributed by atoms with Crippen LogP contribution in [0.2, 0.25) is 0 Å². The molecule has 2 N–H and O–H groups in total. The van der Waals surface area contributed by atoms with Crippen LogP contribution in [0.3, 0.4) is 0 Å². The highest BCUT2D eigenvalue weighted by molar-refractivity contribution is 5.01. The molecule has 2 unspecified atom stereocenters. The second-order valence-electron chi connectivity index (χ2n) is 8.16. The standard InChI is InChI=1S/C18H36N2/c1-5-15-8-6-7-11-18(15,14-19)20(4)16-9-12-17(2,3)13-10-16/h15-16H,5-14,19H2,1-4H3. The summed E-state index contributed by atoms with van der Waals surface area (Å²) in [4.78, 5) is 2.73. The second-order valence-corrected chi connectivity index (χ2v) is 8.16. The third kappa shape index (κ3) is 3.06. The molecule has 0 aromatic heterocycles. The van der Waals surface area contributed by atoms with E-state index in [0.29, 0.717) is 11.0 Å². The Morgan fingerprint density at radius 3 is 2.25 bits per heavy atom. The highest BCUT2D eigenvalue weighted by atomic mass is 15.2. The maximum atomic E-state index is 6.32. The zero-order valence-corrected chi connectivity index (χ0v) is 14.3. The van der Waals surface area contributed by atoms with E-state index in [4.69, 9.17) is 5.73 Å². The van der Waals surface area contributed by atoms with Gasteiger partial charge in [-0.2, -0.15) is 0 Å². The van der Waals surface area contributed by atoms with Crippen molar-refractivity contribution in [2.45, 2.75) is 90.1 Å². The molecular weight excluding hydrogens is 244 g/mol. The molecule has 2 heteroatoms. The number of nitrogens with zero attached hydrogens (tertiary/aromatic N) is 1. The van der Waals surface area contributed by atoms with Crippen molar-refractivity contribution in [1.29, 1.82) is 0 Å². The number of likely N-dealkylation sites (N-methyl/N-ethyl adjacent to an activating group) is 1. The van der Waals surface area contributed by atoms with Crippen LogP contribution in [-0.4, -0.2) is 30.1 Å². The van der Waals surface area contributed by atoms with Crippen LogP contribution in [0.5, 0.6) is 0 Å². The Hall–Kier alpha value is -0.0800. The van der Waals surface area contributed by atoms with E-state index in [9.17, 15) is 0 Å². The van der Waals surface area contributed by atoms with Gasteiger partial charge < -0.3 is 5.73 Å². The van der Waals surface area contributed by atoms with Crippen LogP contribution in [0.25, 0.3) is 0 Å². The minimum atomic E-state index is 0.291. The smallest absolute Gasteiger partial charge is 0.0359 e. The van der Waals surface area contributed by atoms with Crippen LogP contribution in [0.15, 0.2) is 0 Å². The first-order valence-electron chi connectivity index (χ1n) is 8.88. The molecular formula is C18H36N2. The van der Waals surface area contributed by atoms with Gasteiger partial charge in [-0.05, 0) is 56.9 Å². The SMILES string of the molecule is CCC1CCCCC1(CN)N(C)C1CCC(C)(C)CC1. The molecule has 0 bridgehead atoms. The fraction of sp³-hybridized carbons (Fsp3) is 1.00. The van der Waals surface area contributed by atoms with Crippen molar-refractivity contribution in [2.24, 2.45) is 17.1 Å². The zero-order valence-electron chi connectivity index (χ0n) is 14.3. The summed E-state index contributed by atoms with van der Waals surface area (Å²) >= 11 is 0. The number of nitrogens with two attached hydrogens (primary N) is 1. The monoisotopic (exact) mass is 280 g/mol. The average Bonchev–Trinajstić information content (AvgIpc) is 2.46. The maximum Gasteiger partial charge on any atom is 0.0359 e. The van der Waals surface area contributed by atoms with Gasteiger partial charge in [-0.25, -0.2) is 0 Å². The molecule has 2 nitrogen and oxygen atoms in total. The third-order valence-electron chi connectivity index (χ3n) is 6.58. The lowest BCUT2D eigenvalue weighted by Gasteiger charge is -2.54. The minimum absolute atomic E-state index is 0.291. The number of hydrogen-bond acceptors (Lipinski definition) is 2. The van der Waals surface area contributed by atoms with Crippen LogP contribution in [0, 0.1) is 11.3 Å². The summed E-state index contributed by atoms with van der Waals surface area (Å²) in [6, 6.07) is 0.763. The lowest BCUT2D eigenvalue weighted by Crippen LogP contribution is -2.61. The predicted molar refractivity (Wildman–Crippen MR) is 87.8 cm³/mol. The Morgan fingerprint density at radius 2 is 1.70 bits per heavy atom. The maximum absolute atomic E-state index is 6.32. The first-order chi connectivity index (χ1) is 9.45. The topological polar surface area (TPSA) is 29.3 Å². The van der Waals surface area contributed by atoms with Crippen molar-refractivity contribution in [3.63, 3.8) is 0 Å². The van der Waals surface area contributed by atoms with E-state index in [1.54, 1.807) is 0 Å². The van der Waals surface area contributed by atoms with E-state index in [1.165, 1.54) is 57.8 Å². The summed E-state index contributed by atoms with van der Waals surface area (Å²) in [5.74, 6) is 0.807. The van der Waals surface area contributed by atoms with E-state index in [0.717, 1.165) is 18.5 Å². The first kappa shape index (κ1) is 16.3. The molecule has 2 saturated carbocycles. The molecule has 2 aliphatic rings. The van der Waals surface area contributed by atoms with E-state index in [1.807, 2.05) is 0 Å². The van der Waals surface area contributed by atoms with Gasteiger partial charge in [0.25, 0.3) is 0 Å². The average molecular weight is 281 g/mol. The van der Waals surface area contributed by atoms with Crippen molar-refractivity contribution in [1.82, 2.24) is 4.90 Å². The van der Waals surface area contributed by atoms with Crippen molar-refractivity contribution < 1.29 is 0 Å². The van der Waals surface area contributed by atoms with Gasteiger partial charge in [0.05, 0.1) is 0 Å². The molecule has 0 aliphatic heterocycles. The van der Waals surface area contributed by atoms with E-state index < -0.39 is 0 Å². The molecule has 0 aromatic carbocycles. The van der Waals surface area contributed by atoms with Gasteiger partial charge in [0.1, 0.15) is 0 Å². The largest absolute Gasteiger partial charge is 0.329 e. The lowest BCUT2D eigenvalue weighted by molar-refractivity contribution is -0.0258. The summed E-state index contributed by atoms with van der Waals surface area (Å²) in [6.45, 7) is 8.06. The Kier molecular flexibility index (Phi) is 5.18. The molecule has 118 valence electrons. The Balaban J connectivity index is 2.10. The van der Waals surface area contributed by atoms with Crippen LogP contribution in [-0.2, 0) is 0 Å². The minimum Gasteiger partial charge on any atom is -0.329 e. The van der Waals surface area contributed by atoms with Crippen molar-refractivity contribution in [2.75, 3.05) is 13.6 Å². The summed E-state index contributed by atoms with van der Waals surface area (Å²) in [5, 5.41) is 0. The normalized spacial score (nSPS) is 35.4. The summed E-state index contributed by atoms with van der Waals surface area (Å²) in [7, 11) is 2.38. The van der Waals surface area contributed by atoms with Crippen LogP contribution in [0.1, 0.15) is 78.6 Å². The Bertz CT molecular complexity index is 303. The molecule has 0 saturated heterocycles. The van der Waals surface area contributed by atoms with E-state index in [2.05, 4.69) is 32.7 Å². The molecule has 0 aromatic rings. The van der Waals surface area contributed by atoms with Gasteiger partial charge in [-0.3, -0.25) is 4.90 Å². The van der Waals surface area contributed by atoms with Crippen molar-refractivity contribution >= 4 is 0 Å². The fourth-order valence-electron chi connectivity index (χ4n) is 4.89. The van der Waals surface area contributed by atoms with Crippen LogP contribution >= 0.6 is 0 Å². The summed E-state index contributed by atoms with van der Waals surface area (Å²) in [5.41, 5.74) is 7.17. The van der Waals surface area contributed by atoms with Gasteiger partial charge in [0.2, 0.25) is 0 Å². The molecule has 0 amide bonds. The van der Waals surface area contributed by atoms with E-state index >= 15 is 0 Å². The van der Waals surface area contributed by atoms with Gasteiger partial charge in [0, 0.05) is 18.1 Å². The molecule has 2 rings (SSSR count). The molecule has 0 radical (unpaired) electrons.